The number of imide groups is 1. The summed E-state index contributed by atoms with van der Waals surface area (Å²) >= 11 is 0. The van der Waals surface area contributed by atoms with Gasteiger partial charge in [0.2, 0.25) is 11.8 Å². The predicted octanol–water partition coefficient (Wildman–Crippen LogP) is 0.561. The van der Waals surface area contributed by atoms with Crippen molar-refractivity contribution in [1.82, 2.24) is 4.90 Å². The van der Waals surface area contributed by atoms with Gasteiger partial charge in [0, 0.05) is 6.42 Å². The van der Waals surface area contributed by atoms with Gasteiger partial charge in [-0.15, -0.1) is 0 Å². The number of likely N-dealkylation sites (tertiary alicyclic amines) is 1. The van der Waals surface area contributed by atoms with E-state index in [0.29, 0.717) is 32.4 Å². The van der Waals surface area contributed by atoms with Crippen LogP contribution in [-0.4, -0.2) is 48.2 Å². The number of amides is 2. The third kappa shape index (κ3) is 2.84. The molecule has 0 bridgehead atoms. The van der Waals surface area contributed by atoms with Crippen LogP contribution in [0.15, 0.2) is 0 Å². The number of hydrogen-bond donors (Lipinski definition) is 1. The summed E-state index contributed by atoms with van der Waals surface area (Å²) in [5, 5.41) is 8.55. The molecule has 0 aliphatic carbocycles. The van der Waals surface area contributed by atoms with Gasteiger partial charge in [0.05, 0.1) is 31.8 Å². The van der Waals surface area contributed by atoms with Crippen LogP contribution >= 0.6 is 0 Å². The Balaban J connectivity index is 2.56. The minimum atomic E-state index is -0.492. The molecule has 0 spiro atoms. The molecule has 1 heterocycles. The fraction of sp³-hybridized carbons (Fsp3) is 0.833. The monoisotopic (exact) mass is 243 g/mol. The summed E-state index contributed by atoms with van der Waals surface area (Å²) in [4.78, 5) is 25.2. The van der Waals surface area contributed by atoms with Crippen LogP contribution in [0.5, 0.6) is 0 Å². The van der Waals surface area contributed by atoms with E-state index in [1.807, 2.05) is 13.8 Å². The van der Waals surface area contributed by atoms with Gasteiger partial charge in [-0.25, -0.2) is 0 Å². The van der Waals surface area contributed by atoms with E-state index in [4.69, 9.17) is 9.84 Å². The molecule has 1 fully saturated rings. The average Bonchev–Trinajstić information content (AvgIpc) is 2.58. The van der Waals surface area contributed by atoms with Gasteiger partial charge in [-0.3, -0.25) is 14.5 Å². The highest BCUT2D eigenvalue weighted by molar-refractivity contribution is 6.05. The van der Waals surface area contributed by atoms with Gasteiger partial charge in [0.1, 0.15) is 0 Å². The molecule has 0 saturated carbocycles. The molecule has 17 heavy (non-hydrogen) atoms. The molecule has 1 rings (SSSR count). The maximum absolute atomic E-state index is 12.2. The molecule has 0 aromatic heterocycles. The largest absolute Gasteiger partial charge is 0.394 e. The summed E-state index contributed by atoms with van der Waals surface area (Å²) in [5.41, 5.74) is -0.492. The van der Waals surface area contributed by atoms with Crippen LogP contribution in [0.2, 0.25) is 0 Å². The summed E-state index contributed by atoms with van der Waals surface area (Å²) in [5.74, 6) is -0.175. The van der Waals surface area contributed by atoms with E-state index in [-0.39, 0.29) is 25.0 Å². The molecule has 1 N–H and O–H groups in total. The number of carbonyl (C=O) groups is 2. The zero-order chi connectivity index (χ0) is 12.9. The fourth-order valence-corrected chi connectivity index (χ4v) is 2.21. The third-order valence-corrected chi connectivity index (χ3v) is 3.54. The molecule has 5 nitrogen and oxygen atoms in total. The van der Waals surface area contributed by atoms with Crippen LogP contribution in [0.4, 0.5) is 0 Å². The quantitative estimate of drug-likeness (QED) is 0.524. The molecule has 0 aromatic carbocycles. The topological polar surface area (TPSA) is 66.8 Å². The Morgan fingerprint density at radius 3 is 2.41 bits per heavy atom. The van der Waals surface area contributed by atoms with E-state index in [2.05, 4.69) is 0 Å². The Morgan fingerprint density at radius 1 is 1.29 bits per heavy atom. The SMILES string of the molecule is CCC1(CC)CC(=O)N(CCOCCO)C1=O. The van der Waals surface area contributed by atoms with Gasteiger partial charge in [0.25, 0.3) is 0 Å². The summed E-state index contributed by atoms with van der Waals surface area (Å²) < 4.78 is 5.08. The third-order valence-electron chi connectivity index (χ3n) is 3.54. The smallest absolute Gasteiger partial charge is 0.235 e. The first-order chi connectivity index (χ1) is 8.11. The average molecular weight is 243 g/mol. The van der Waals surface area contributed by atoms with Crippen LogP contribution in [-0.2, 0) is 14.3 Å². The van der Waals surface area contributed by atoms with Crippen LogP contribution in [0.25, 0.3) is 0 Å². The van der Waals surface area contributed by atoms with Crippen molar-refractivity contribution >= 4 is 11.8 Å². The van der Waals surface area contributed by atoms with Crippen molar-refractivity contribution in [3.63, 3.8) is 0 Å². The first-order valence-corrected chi connectivity index (χ1v) is 6.14. The Labute approximate surface area is 102 Å². The van der Waals surface area contributed by atoms with E-state index < -0.39 is 5.41 Å². The normalized spacial score (nSPS) is 19.1. The lowest BCUT2D eigenvalue weighted by molar-refractivity contribution is -0.142. The van der Waals surface area contributed by atoms with E-state index in [1.165, 1.54) is 4.90 Å². The number of carbonyl (C=O) groups excluding carboxylic acids is 2. The number of aliphatic hydroxyl groups excluding tert-OH is 1. The maximum atomic E-state index is 12.2. The molecule has 0 radical (unpaired) electrons. The first-order valence-electron chi connectivity index (χ1n) is 6.14. The molecular formula is C12H21NO4. The summed E-state index contributed by atoms with van der Waals surface area (Å²) in [7, 11) is 0. The van der Waals surface area contributed by atoms with Crippen LogP contribution in [0.1, 0.15) is 33.1 Å². The van der Waals surface area contributed by atoms with Gasteiger partial charge in [-0.1, -0.05) is 13.8 Å². The maximum Gasteiger partial charge on any atom is 0.235 e. The molecule has 1 aliphatic rings. The van der Waals surface area contributed by atoms with E-state index >= 15 is 0 Å². The van der Waals surface area contributed by atoms with Gasteiger partial charge in [-0.2, -0.15) is 0 Å². The van der Waals surface area contributed by atoms with E-state index in [9.17, 15) is 9.59 Å². The highest BCUT2D eigenvalue weighted by Gasteiger charge is 2.48. The van der Waals surface area contributed by atoms with Crippen molar-refractivity contribution in [3.05, 3.63) is 0 Å². The number of nitrogens with zero attached hydrogens (tertiary/aromatic N) is 1. The lowest BCUT2D eigenvalue weighted by Gasteiger charge is -2.23. The molecule has 1 saturated heterocycles. The standard InChI is InChI=1S/C12H21NO4/c1-3-12(4-2)9-10(15)13(11(12)16)5-7-17-8-6-14/h14H,3-9H2,1-2H3. The van der Waals surface area contributed by atoms with E-state index in [0.717, 1.165) is 0 Å². The highest BCUT2D eigenvalue weighted by atomic mass is 16.5. The highest BCUT2D eigenvalue weighted by Crippen LogP contribution is 2.38. The number of ether oxygens (including phenoxy) is 1. The van der Waals surface area contributed by atoms with Gasteiger partial charge in [0.15, 0.2) is 0 Å². The number of hydrogen-bond acceptors (Lipinski definition) is 4. The second kappa shape index (κ2) is 6.12. The van der Waals surface area contributed by atoms with Gasteiger partial charge in [-0.05, 0) is 12.8 Å². The Kier molecular flexibility index (Phi) is 5.08. The first kappa shape index (κ1) is 14.1. The van der Waals surface area contributed by atoms with Crippen LogP contribution < -0.4 is 0 Å². The van der Waals surface area contributed by atoms with Crippen molar-refractivity contribution in [2.24, 2.45) is 5.41 Å². The summed E-state index contributed by atoms with van der Waals surface area (Å²) in [6.45, 7) is 4.67. The lowest BCUT2D eigenvalue weighted by atomic mass is 9.81. The molecule has 1 aliphatic heterocycles. The minimum absolute atomic E-state index is 0.0459. The second-order valence-corrected chi connectivity index (χ2v) is 4.35. The van der Waals surface area contributed by atoms with Gasteiger partial charge < -0.3 is 9.84 Å². The lowest BCUT2D eigenvalue weighted by Crippen LogP contribution is -2.37. The molecule has 0 unspecified atom stereocenters. The zero-order valence-corrected chi connectivity index (χ0v) is 10.6. The van der Waals surface area contributed by atoms with Crippen LogP contribution in [0, 0.1) is 5.41 Å². The molecule has 5 heteroatoms. The van der Waals surface area contributed by atoms with Crippen molar-refractivity contribution in [2.45, 2.75) is 33.1 Å². The van der Waals surface area contributed by atoms with Gasteiger partial charge >= 0.3 is 0 Å². The molecule has 0 aromatic rings. The van der Waals surface area contributed by atoms with Crippen molar-refractivity contribution in [1.29, 1.82) is 0 Å². The minimum Gasteiger partial charge on any atom is -0.394 e. The van der Waals surface area contributed by atoms with Crippen LogP contribution in [0.3, 0.4) is 0 Å². The molecular weight excluding hydrogens is 222 g/mol. The zero-order valence-electron chi connectivity index (χ0n) is 10.6. The Bertz CT molecular complexity index is 286. The fourth-order valence-electron chi connectivity index (χ4n) is 2.21. The Hall–Kier alpha value is -0.940. The predicted molar refractivity (Wildman–Crippen MR) is 62.3 cm³/mol. The molecule has 2 amide bonds. The molecule has 98 valence electrons. The van der Waals surface area contributed by atoms with Crippen molar-refractivity contribution in [3.8, 4) is 0 Å². The second-order valence-electron chi connectivity index (χ2n) is 4.35. The Morgan fingerprint density at radius 2 is 1.94 bits per heavy atom. The summed E-state index contributed by atoms with van der Waals surface area (Å²) in [6.07, 6.45) is 1.71. The van der Waals surface area contributed by atoms with Crippen molar-refractivity contribution < 1.29 is 19.4 Å². The number of aliphatic hydroxyl groups is 1. The molecule has 0 atom stereocenters. The summed E-state index contributed by atoms with van der Waals surface area (Å²) in [6, 6.07) is 0. The van der Waals surface area contributed by atoms with Crippen molar-refractivity contribution in [2.75, 3.05) is 26.4 Å². The number of rotatable bonds is 7. The van der Waals surface area contributed by atoms with E-state index in [1.54, 1.807) is 0 Å².